The van der Waals surface area contributed by atoms with Gasteiger partial charge < -0.3 is 10.4 Å². The number of carboxylic acid groups (broad SMARTS) is 1. The number of carboxylic acids is 1. The summed E-state index contributed by atoms with van der Waals surface area (Å²) in [5, 5.41) is 12.7. The monoisotopic (exact) mass is 371 g/mol. The first-order chi connectivity index (χ1) is 12.5. The lowest BCUT2D eigenvalue weighted by molar-refractivity contribution is -0.137. The second-order valence-electron chi connectivity index (χ2n) is 6.88. The molecule has 1 amide bonds. The average molecular weight is 372 g/mol. The summed E-state index contributed by atoms with van der Waals surface area (Å²) in [6.45, 7) is 0. The molecule has 2 aromatic rings. The third-order valence-corrected chi connectivity index (χ3v) is 5.16. The van der Waals surface area contributed by atoms with Crippen molar-refractivity contribution in [2.24, 2.45) is 0 Å². The van der Waals surface area contributed by atoms with E-state index in [1.165, 1.54) is 0 Å². The summed E-state index contributed by atoms with van der Waals surface area (Å²) in [7, 11) is 0. The lowest BCUT2D eigenvalue weighted by atomic mass is 9.93. The normalized spacial score (nSPS) is 15.9. The first-order valence-corrected chi connectivity index (χ1v) is 9.20. The maximum absolute atomic E-state index is 13.0. The molecular formula is C21H22ClNO3. The second-order valence-corrected chi connectivity index (χ2v) is 7.32. The summed E-state index contributed by atoms with van der Waals surface area (Å²) in [5.41, 5.74) is 1.48. The molecule has 0 radical (unpaired) electrons. The van der Waals surface area contributed by atoms with Crippen LogP contribution < -0.4 is 5.32 Å². The summed E-state index contributed by atoms with van der Waals surface area (Å²) >= 11 is 6.08. The van der Waals surface area contributed by atoms with Gasteiger partial charge in [-0.2, -0.15) is 0 Å². The van der Waals surface area contributed by atoms with Crippen LogP contribution >= 0.6 is 11.6 Å². The topological polar surface area (TPSA) is 66.4 Å². The first kappa shape index (κ1) is 18.5. The number of carbonyl (C=O) groups is 2. The fourth-order valence-electron chi connectivity index (χ4n) is 3.30. The van der Waals surface area contributed by atoms with Gasteiger partial charge in [0.05, 0.1) is 5.41 Å². The lowest BCUT2D eigenvalue weighted by Gasteiger charge is -2.23. The van der Waals surface area contributed by atoms with Crippen molar-refractivity contribution in [2.45, 2.75) is 43.6 Å². The first-order valence-electron chi connectivity index (χ1n) is 8.82. The van der Waals surface area contributed by atoms with Crippen LogP contribution in [0.15, 0.2) is 54.6 Å². The van der Waals surface area contributed by atoms with Crippen LogP contribution in [0.4, 0.5) is 0 Å². The third-order valence-electron chi connectivity index (χ3n) is 4.93. The van der Waals surface area contributed by atoms with Crippen LogP contribution in [0.1, 0.15) is 36.8 Å². The molecule has 5 heteroatoms. The minimum absolute atomic E-state index is 0.0297. The molecule has 1 saturated carbocycles. The molecule has 1 atom stereocenters. The minimum Gasteiger partial charge on any atom is -0.481 e. The third kappa shape index (κ3) is 4.44. The van der Waals surface area contributed by atoms with E-state index in [-0.39, 0.29) is 18.4 Å². The Kier molecular flexibility index (Phi) is 5.62. The number of carbonyl (C=O) groups excluding carboxylic acids is 1. The average Bonchev–Trinajstić information content (AvgIpc) is 3.42. The molecule has 1 unspecified atom stereocenters. The molecule has 0 saturated heterocycles. The van der Waals surface area contributed by atoms with E-state index in [0.29, 0.717) is 17.9 Å². The van der Waals surface area contributed by atoms with Crippen molar-refractivity contribution < 1.29 is 14.7 Å². The van der Waals surface area contributed by atoms with E-state index in [1.54, 1.807) is 6.07 Å². The predicted octanol–water partition coefficient (Wildman–Crippen LogP) is 3.96. The van der Waals surface area contributed by atoms with Crippen LogP contribution in [0.3, 0.4) is 0 Å². The van der Waals surface area contributed by atoms with Gasteiger partial charge >= 0.3 is 5.97 Å². The highest BCUT2D eigenvalue weighted by atomic mass is 35.5. The number of hydrogen-bond donors (Lipinski definition) is 2. The van der Waals surface area contributed by atoms with E-state index in [0.717, 1.165) is 24.0 Å². The molecule has 1 aliphatic carbocycles. The molecule has 2 N–H and O–H groups in total. The van der Waals surface area contributed by atoms with Gasteiger partial charge in [-0.1, -0.05) is 54.1 Å². The van der Waals surface area contributed by atoms with Gasteiger partial charge in [0.2, 0.25) is 5.91 Å². The van der Waals surface area contributed by atoms with Gasteiger partial charge in [0.15, 0.2) is 0 Å². The molecule has 2 aromatic carbocycles. The van der Waals surface area contributed by atoms with E-state index in [2.05, 4.69) is 5.32 Å². The van der Waals surface area contributed by atoms with Crippen molar-refractivity contribution in [1.29, 1.82) is 0 Å². The van der Waals surface area contributed by atoms with Crippen LogP contribution in [0.5, 0.6) is 0 Å². The number of halogens is 1. The van der Waals surface area contributed by atoms with Crippen molar-refractivity contribution in [3.05, 3.63) is 70.7 Å². The molecule has 0 aliphatic heterocycles. The van der Waals surface area contributed by atoms with Crippen LogP contribution in [0.2, 0.25) is 5.02 Å². The molecule has 0 heterocycles. The number of amides is 1. The number of rotatable bonds is 8. The standard InChI is InChI=1S/C21H22ClNO3/c22-17-8-4-7-16(14-17)21(11-12-21)20(26)23-18(9-10-19(24)25)13-15-5-2-1-3-6-15/h1-8,14,18H,9-13H2,(H,23,26)(H,24,25). The quantitative estimate of drug-likeness (QED) is 0.738. The van der Waals surface area contributed by atoms with Gasteiger partial charge in [0.1, 0.15) is 0 Å². The molecule has 1 aliphatic rings. The molecule has 0 aromatic heterocycles. The van der Waals surface area contributed by atoms with Gasteiger partial charge in [-0.3, -0.25) is 9.59 Å². The zero-order valence-corrected chi connectivity index (χ0v) is 15.2. The molecular weight excluding hydrogens is 350 g/mol. The largest absolute Gasteiger partial charge is 0.481 e. The Morgan fingerprint density at radius 1 is 1.12 bits per heavy atom. The molecule has 1 fully saturated rings. The fourth-order valence-corrected chi connectivity index (χ4v) is 3.49. The second kappa shape index (κ2) is 7.92. The van der Waals surface area contributed by atoms with Gasteiger partial charge in [-0.05, 0) is 48.9 Å². The Morgan fingerprint density at radius 2 is 1.85 bits per heavy atom. The van der Waals surface area contributed by atoms with Crippen molar-refractivity contribution >= 4 is 23.5 Å². The SMILES string of the molecule is O=C(O)CCC(Cc1ccccc1)NC(=O)C1(c2cccc(Cl)c2)CC1. The summed E-state index contributed by atoms with van der Waals surface area (Å²) in [6, 6.07) is 17.0. The smallest absolute Gasteiger partial charge is 0.303 e. The number of benzene rings is 2. The highest BCUT2D eigenvalue weighted by molar-refractivity contribution is 6.30. The van der Waals surface area contributed by atoms with Gasteiger partial charge in [0, 0.05) is 17.5 Å². The van der Waals surface area contributed by atoms with Gasteiger partial charge in [-0.25, -0.2) is 0 Å². The zero-order chi connectivity index (χ0) is 18.6. The highest BCUT2D eigenvalue weighted by Crippen LogP contribution is 2.49. The molecule has 0 spiro atoms. The molecule has 136 valence electrons. The Hall–Kier alpha value is -2.33. The summed E-state index contributed by atoms with van der Waals surface area (Å²) in [4.78, 5) is 24.0. The maximum atomic E-state index is 13.0. The molecule has 0 bridgehead atoms. The minimum atomic E-state index is -0.853. The van der Waals surface area contributed by atoms with Crippen molar-refractivity contribution in [1.82, 2.24) is 5.32 Å². The summed E-state index contributed by atoms with van der Waals surface area (Å²) in [6.07, 6.45) is 2.63. The van der Waals surface area contributed by atoms with E-state index in [4.69, 9.17) is 16.7 Å². The van der Waals surface area contributed by atoms with E-state index < -0.39 is 11.4 Å². The van der Waals surface area contributed by atoms with Crippen LogP contribution in [0, 0.1) is 0 Å². The predicted molar refractivity (Wildman–Crippen MR) is 101 cm³/mol. The summed E-state index contributed by atoms with van der Waals surface area (Å²) < 4.78 is 0. The van der Waals surface area contributed by atoms with Crippen molar-refractivity contribution in [3.63, 3.8) is 0 Å². The Balaban J connectivity index is 1.73. The van der Waals surface area contributed by atoms with E-state index >= 15 is 0 Å². The molecule has 3 rings (SSSR count). The molecule has 4 nitrogen and oxygen atoms in total. The Labute approximate surface area is 158 Å². The van der Waals surface area contributed by atoms with Gasteiger partial charge in [-0.15, -0.1) is 0 Å². The van der Waals surface area contributed by atoms with Crippen LogP contribution in [-0.4, -0.2) is 23.0 Å². The van der Waals surface area contributed by atoms with E-state index in [1.807, 2.05) is 48.5 Å². The van der Waals surface area contributed by atoms with Crippen molar-refractivity contribution in [3.8, 4) is 0 Å². The number of hydrogen-bond acceptors (Lipinski definition) is 2. The van der Waals surface area contributed by atoms with Gasteiger partial charge in [0.25, 0.3) is 0 Å². The van der Waals surface area contributed by atoms with Crippen molar-refractivity contribution in [2.75, 3.05) is 0 Å². The number of nitrogens with one attached hydrogen (secondary N) is 1. The van der Waals surface area contributed by atoms with E-state index in [9.17, 15) is 9.59 Å². The maximum Gasteiger partial charge on any atom is 0.303 e. The van der Waals surface area contributed by atoms with Crippen LogP contribution in [0.25, 0.3) is 0 Å². The highest BCUT2D eigenvalue weighted by Gasteiger charge is 2.51. The fraction of sp³-hybridized carbons (Fsp3) is 0.333. The van der Waals surface area contributed by atoms with Crippen LogP contribution in [-0.2, 0) is 21.4 Å². The Morgan fingerprint density at radius 3 is 2.46 bits per heavy atom. The zero-order valence-electron chi connectivity index (χ0n) is 14.5. The summed E-state index contributed by atoms with van der Waals surface area (Å²) in [5.74, 6) is -0.889. The Bertz CT molecular complexity index is 787. The number of aliphatic carboxylic acids is 1. The molecule has 26 heavy (non-hydrogen) atoms. The lowest BCUT2D eigenvalue weighted by Crippen LogP contribution is -2.43.